The van der Waals surface area contributed by atoms with Crippen LogP contribution >= 0.6 is 11.3 Å². The third kappa shape index (κ3) is 6.95. The molecule has 0 aliphatic heterocycles. The Labute approximate surface area is 357 Å². The lowest BCUT2D eigenvalue weighted by atomic mass is 9.92. The van der Waals surface area contributed by atoms with E-state index in [-0.39, 0.29) is 0 Å². The van der Waals surface area contributed by atoms with Gasteiger partial charge in [-0.3, -0.25) is 0 Å². The molecule has 11 aromatic rings. The highest BCUT2D eigenvalue weighted by Crippen LogP contribution is 2.42. The Hall–Kier alpha value is -7.93. The molecule has 0 spiro atoms. The van der Waals surface area contributed by atoms with Crippen molar-refractivity contribution in [2.75, 3.05) is 0 Å². The molecule has 0 amide bonds. The van der Waals surface area contributed by atoms with Crippen LogP contribution in [0.2, 0.25) is 0 Å². The molecule has 0 bridgehead atoms. The normalized spacial score (nSPS) is 11.3. The molecule has 0 N–H and O–H groups in total. The lowest BCUT2D eigenvalue weighted by Crippen LogP contribution is -2.01. The number of rotatable bonds is 8. The number of thiophene rings is 1. The van der Waals surface area contributed by atoms with E-state index in [0.29, 0.717) is 23.3 Å². The average molecular weight is 798 g/mol. The highest BCUT2D eigenvalue weighted by molar-refractivity contribution is 7.26. The van der Waals surface area contributed by atoms with Gasteiger partial charge in [0.25, 0.3) is 0 Å². The maximum absolute atomic E-state index is 5.31. The van der Waals surface area contributed by atoms with E-state index in [1.807, 2.05) is 60.7 Å². The molecule has 0 aliphatic carbocycles. The van der Waals surface area contributed by atoms with Crippen LogP contribution in [-0.4, -0.2) is 24.9 Å². The van der Waals surface area contributed by atoms with Gasteiger partial charge in [-0.2, -0.15) is 0 Å². The van der Waals surface area contributed by atoms with Gasteiger partial charge in [0.05, 0.1) is 11.4 Å². The van der Waals surface area contributed by atoms with Gasteiger partial charge in [0.15, 0.2) is 23.3 Å². The van der Waals surface area contributed by atoms with Crippen LogP contribution in [0.25, 0.3) is 110 Å². The second-order valence-corrected chi connectivity index (χ2v) is 15.9. The van der Waals surface area contributed by atoms with E-state index in [4.69, 9.17) is 24.9 Å². The molecule has 0 saturated heterocycles. The Kier molecular flexibility index (Phi) is 9.30. The first-order valence-electron chi connectivity index (χ1n) is 20.3. The maximum Gasteiger partial charge on any atom is 0.165 e. The molecular weight excluding hydrogens is 763 g/mol. The number of hydrogen-bond acceptors (Lipinski definition) is 6. The molecule has 0 aliphatic rings. The van der Waals surface area contributed by atoms with Gasteiger partial charge >= 0.3 is 0 Å². The van der Waals surface area contributed by atoms with E-state index in [0.717, 1.165) is 71.7 Å². The first-order chi connectivity index (χ1) is 30.2. The molecule has 286 valence electrons. The van der Waals surface area contributed by atoms with Crippen molar-refractivity contribution in [2.45, 2.75) is 0 Å². The second-order valence-electron chi connectivity index (χ2n) is 14.8. The predicted octanol–water partition coefficient (Wildman–Crippen LogP) is 14.4. The van der Waals surface area contributed by atoms with E-state index >= 15 is 0 Å². The van der Waals surface area contributed by atoms with Crippen LogP contribution in [0.1, 0.15) is 0 Å². The summed E-state index contributed by atoms with van der Waals surface area (Å²) >= 11 is 1.77. The number of hydrogen-bond donors (Lipinski definition) is 0. The number of nitrogens with zero attached hydrogens (tertiary/aromatic N) is 5. The van der Waals surface area contributed by atoms with E-state index in [2.05, 4.69) is 152 Å². The van der Waals surface area contributed by atoms with Crippen LogP contribution in [0.5, 0.6) is 0 Å². The Balaban J connectivity index is 1.10. The number of aromatic nitrogens is 5. The zero-order valence-electron chi connectivity index (χ0n) is 32.9. The van der Waals surface area contributed by atoms with E-state index in [9.17, 15) is 0 Å². The van der Waals surface area contributed by atoms with Gasteiger partial charge in [-0.05, 0) is 52.6 Å². The summed E-state index contributed by atoms with van der Waals surface area (Å²) in [6.07, 6.45) is 0. The van der Waals surface area contributed by atoms with Crippen LogP contribution in [0.4, 0.5) is 0 Å². The van der Waals surface area contributed by atoms with Crippen LogP contribution in [0, 0.1) is 0 Å². The minimum Gasteiger partial charge on any atom is -0.228 e. The Morgan fingerprint density at radius 3 is 1.41 bits per heavy atom. The summed E-state index contributed by atoms with van der Waals surface area (Å²) in [7, 11) is 0. The molecule has 8 aromatic carbocycles. The van der Waals surface area contributed by atoms with Crippen molar-refractivity contribution in [1.82, 2.24) is 24.9 Å². The summed E-state index contributed by atoms with van der Waals surface area (Å²) in [5.41, 5.74) is 11.7. The minimum atomic E-state index is 0.604. The topological polar surface area (TPSA) is 64.5 Å². The van der Waals surface area contributed by atoms with E-state index < -0.39 is 0 Å². The van der Waals surface area contributed by atoms with Crippen molar-refractivity contribution in [1.29, 1.82) is 0 Å². The van der Waals surface area contributed by atoms with Crippen molar-refractivity contribution < 1.29 is 0 Å². The molecule has 0 saturated carbocycles. The fourth-order valence-electron chi connectivity index (χ4n) is 8.03. The zero-order valence-corrected chi connectivity index (χ0v) is 33.7. The Morgan fingerprint density at radius 2 is 0.738 bits per heavy atom. The summed E-state index contributed by atoms with van der Waals surface area (Å²) in [5.74, 6) is 2.52. The van der Waals surface area contributed by atoms with Crippen LogP contribution in [0.3, 0.4) is 0 Å². The fourth-order valence-corrected chi connectivity index (χ4v) is 9.24. The van der Waals surface area contributed by atoms with Crippen molar-refractivity contribution in [3.05, 3.63) is 212 Å². The molecule has 61 heavy (non-hydrogen) atoms. The average Bonchev–Trinajstić information content (AvgIpc) is 3.74. The number of fused-ring (bicyclic) bond motifs is 3. The largest absolute Gasteiger partial charge is 0.228 e. The summed E-state index contributed by atoms with van der Waals surface area (Å²) in [6.45, 7) is 0. The van der Waals surface area contributed by atoms with Gasteiger partial charge in [-0.25, -0.2) is 24.9 Å². The molecule has 6 heteroatoms. The predicted molar refractivity (Wildman–Crippen MR) is 252 cm³/mol. The van der Waals surface area contributed by atoms with Crippen LogP contribution in [0.15, 0.2) is 212 Å². The Bertz CT molecular complexity index is 3290. The molecule has 3 aromatic heterocycles. The molecule has 3 heterocycles. The monoisotopic (exact) mass is 797 g/mol. The minimum absolute atomic E-state index is 0.604. The second kappa shape index (κ2) is 15.7. The quantitative estimate of drug-likeness (QED) is 0.153. The van der Waals surface area contributed by atoms with E-state index in [1.165, 1.54) is 15.5 Å². The van der Waals surface area contributed by atoms with Gasteiger partial charge in [0.1, 0.15) is 0 Å². The van der Waals surface area contributed by atoms with Crippen molar-refractivity contribution in [3.8, 4) is 90.3 Å². The smallest absolute Gasteiger partial charge is 0.165 e. The summed E-state index contributed by atoms with van der Waals surface area (Å²) in [5, 5.41) is 2.43. The number of benzene rings is 8. The standard InChI is InChI=1S/C55H35N5S/c1-5-18-36(19-6-1)47-34-40(41-26-13-14-28-44(41)53-56-48(37-20-7-2-8-21-37)35-49(57-53)38-22-9-3-10-23-38)32-33-45(47)54-58-52(39-24-11-4-12-25-39)59-55(60-54)46-30-17-29-43-42-27-15-16-31-50(42)61-51(43)46/h1-35H. The molecule has 5 nitrogen and oxygen atoms in total. The van der Waals surface area contributed by atoms with Gasteiger partial charge in [0.2, 0.25) is 0 Å². The lowest BCUT2D eigenvalue weighted by molar-refractivity contribution is 1.08. The SMILES string of the molecule is c1ccc(-c2cc(-c3ccccc3)nc(-c3ccccc3-c3ccc(-c4nc(-c5ccccc5)nc(-c5cccc6c5sc5ccccc56)n4)c(-c4ccccc4)c3)n2)cc1. The molecular formula is C55H35N5S. The summed E-state index contributed by atoms with van der Waals surface area (Å²) < 4.78 is 2.39. The molecule has 0 atom stereocenters. The van der Waals surface area contributed by atoms with Crippen molar-refractivity contribution in [2.24, 2.45) is 0 Å². The summed E-state index contributed by atoms with van der Waals surface area (Å²) in [4.78, 5) is 26.1. The van der Waals surface area contributed by atoms with Gasteiger partial charge in [-0.1, -0.05) is 182 Å². The van der Waals surface area contributed by atoms with Crippen LogP contribution < -0.4 is 0 Å². The van der Waals surface area contributed by atoms with Gasteiger partial charge in [0, 0.05) is 53.6 Å². The first-order valence-corrected chi connectivity index (χ1v) is 21.1. The molecule has 0 radical (unpaired) electrons. The van der Waals surface area contributed by atoms with Crippen LogP contribution in [-0.2, 0) is 0 Å². The third-order valence-corrected chi connectivity index (χ3v) is 12.2. The van der Waals surface area contributed by atoms with E-state index in [1.54, 1.807) is 11.3 Å². The van der Waals surface area contributed by atoms with Gasteiger partial charge in [-0.15, -0.1) is 11.3 Å². The Morgan fingerprint density at radius 1 is 0.262 bits per heavy atom. The molecule has 11 rings (SSSR count). The molecule has 0 unspecified atom stereocenters. The highest BCUT2D eigenvalue weighted by atomic mass is 32.1. The zero-order chi connectivity index (χ0) is 40.5. The van der Waals surface area contributed by atoms with Crippen molar-refractivity contribution in [3.63, 3.8) is 0 Å². The molecule has 0 fully saturated rings. The fraction of sp³-hybridized carbons (Fsp3) is 0. The summed E-state index contributed by atoms with van der Waals surface area (Å²) in [6, 6.07) is 73.3. The lowest BCUT2D eigenvalue weighted by Gasteiger charge is -2.16. The maximum atomic E-state index is 5.31. The van der Waals surface area contributed by atoms with Gasteiger partial charge < -0.3 is 0 Å². The third-order valence-electron chi connectivity index (χ3n) is 11.0. The highest BCUT2D eigenvalue weighted by Gasteiger charge is 2.21. The van der Waals surface area contributed by atoms with Crippen molar-refractivity contribution >= 4 is 31.5 Å². The first kappa shape index (κ1) is 36.2.